The lowest BCUT2D eigenvalue weighted by atomic mass is 9.73. The molecule has 140 valence electrons. The minimum atomic E-state index is -0.824. The third-order valence-corrected chi connectivity index (χ3v) is 5.82. The Hall–Kier alpha value is -2.37. The van der Waals surface area contributed by atoms with Gasteiger partial charge in [-0.2, -0.15) is 0 Å². The van der Waals surface area contributed by atoms with Gasteiger partial charge in [0.15, 0.2) is 0 Å². The zero-order valence-electron chi connectivity index (χ0n) is 15.7. The number of benzene rings is 1. The van der Waals surface area contributed by atoms with Crippen molar-refractivity contribution in [2.24, 2.45) is 5.92 Å². The molecule has 1 saturated carbocycles. The second kappa shape index (κ2) is 7.09. The van der Waals surface area contributed by atoms with Gasteiger partial charge in [-0.15, -0.1) is 0 Å². The maximum Gasteiger partial charge on any atom is 0.325 e. The Morgan fingerprint density at radius 2 is 2.04 bits per heavy atom. The van der Waals surface area contributed by atoms with E-state index in [1.807, 2.05) is 45.0 Å². The van der Waals surface area contributed by atoms with Crippen LogP contribution in [0.5, 0.6) is 0 Å². The number of imide groups is 1. The van der Waals surface area contributed by atoms with Gasteiger partial charge >= 0.3 is 6.03 Å². The van der Waals surface area contributed by atoms with Gasteiger partial charge in [0.2, 0.25) is 5.91 Å². The number of likely N-dealkylation sites (N-methyl/N-ethyl adjacent to an activating group) is 1. The summed E-state index contributed by atoms with van der Waals surface area (Å²) in [5.74, 6) is -0.402. The summed E-state index contributed by atoms with van der Waals surface area (Å²) in [6.07, 6.45) is 3.56. The first kappa shape index (κ1) is 18.4. The predicted molar refractivity (Wildman–Crippen MR) is 99.8 cm³/mol. The first-order chi connectivity index (χ1) is 12.4. The molecule has 0 aromatic heterocycles. The van der Waals surface area contributed by atoms with Crippen molar-refractivity contribution in [3.63, 3.8) is 0 Å². The van der Waals surface area contributed by atoms with Crippen LogP contribution in [0.25, 0.3) is 0 Å². The van der Waals surface area contributed by atoms with Crippen molar-refractivity contribution in [1.82, 2.24) is 10.2 Å². The molecule has 1 spiro atoms. The number of aryl methyl sites for hydroxylation is 1. The van der Waals surface area contributed by atoms with Crippen LogP contribution in [0, 0.1) is 12.8 Å². The monoisotopic (exact) mass is 357 g/mol. The van der Waals surface area contributed by atoms with Crippen LogP contribution in [0.1, 0.15) is 45.1 Å². The number of amides is 4. The highest BCUT2D eigenvalue weighted by molar-refractivity contribution is 6.10. The molecule has 6 heteroatoms. The van der Waals surface area contributed by atoms with Crippen LogP contribution in [0.15, 0.2) is 24.3 Å². The minimum Gasteiger partial charge on any atom is -0.323 e. The average molecular weight is 357 g/mol. The molecule has 1 heterocycles. The predicted octanol–water partition coefficient (Wildman–Crippen LogP) is 2.85. The summed E-state index contributed by atoms with van der Waals surface area (Å²) in [4.78, 5) is 41.1. The van der Waals surface area contributed by atoms with Gasteiger partial charge in [-0.25, -0.2) is 4.79 Å². The Balaban J connectivity index is 1.79. The van der Waals surface area contributed by atoms with E-state index in [2.05, 4.69) is 5.32 Å². The van der Waals surface area contributed by atoms with Crippen molar-refractivity contribution >= 4 is 23.5 Å². The molecule has 0 radical (unpaired) electrons. The number of hydrogen-bond donors (Lipinski definition) is 1. The molecule has 1 N–H and O–H groups in total. The Morgan fingerprint density at radius 3 is 2.69 bits per heavy atom. The van der Waals surface area contributed by atoms with E-state index in [1.165, 1.54) is 0 Å². The van der Waals surface area contributed by atoms with E-state index in [-0.39, 0.29) is 24.3 Å². The van der Waals surface area contributed by atoms with Crippen LogP contribution >= 0.6 is 0 Å². The molecule has 2 fully saturated rings. The minimum absolute atomic E-state index is 0.0893. The van der Waals surface area contributed by atoms with Gasteiger partial charge in [-0.1, -0.05) is 38.0 Å². The van der Waals surface area contributed by atoms with E-state index in [0.29, 0.717) is 13.0 Å². The molecular formula is C20H27N3O3. The second-order valence-electron chi connectivity index (χ2n) is 7.36. The third kappa shape index (κ3) is 2.97. The van der Waals surface area contributed by atoms with Gasteiger partial charge in [0.1, 0.15) is 12.1 Å². The number of rotatable bonds is 4. The van der Waals surface area contributed by atoms with Gasteiger partial charge in [0.05, 0.1) is 0 Å². The first-order valence-corrected chi connectivity index (χ1v) is 9.41. The highest BCUT2D eigenvalue weighted by atomic mass is 16.2. The largest absolute Gasteiger partial charge is 0.325 e. The van der Waals surface area contributed by atoms with Crippen molar-refractivity contribution in [1.29, 1.82) is 0 Å². The van der Waals surface area contributed by atoms with Gasteiger partial charge in [0, 0.05) is 12.2 Å². The summed E-state index contributed by atoms with van der Waals surface area (Å²) in [7, 11) is 0. The number of carbonyl (C=O) groups excluding carboxylic acids is 3. The molecule has 2 unspecified atom stereocenters. The van der Waals surface area contributed by atoms with Crippen molar-refractivity contribution < 1.29 is 14.4 Å². The number of hydrogen-bond acceptors (Lipinski definition) is 3. The molecule has 1 saturated heterocycles. The number of carbonyl (C=O) groups is 3. The Bertz CT molecular complexity index is 733. The lowest BCUT2D eigenvalue weighted by molar-refractivity contribution is -0.136. The van der Waals surface area contributed by atoms with E-state index in [0.717, 1.165) is 35.4 Å². The smallest absolute Gasteiger partial charge is 0.323 e. The van der Waals surface area contributed by atoms with Gasteiger partial charge in [-0.3, -0.25) is 14.5 Å². The Morgan fingerprint density at radius 1 is 1.31 bits per heavy atom. The normalized spacial score (nSPS) is 25.5. The molecule has 6 nitrogen and oxygen atoms in total. The third-order valence-electron chi connectivity index (χ3n) is 5.82. The summed E-state index contributed by atoms with van der Waals surface area (Å²) in [6, 6.07) is 7.18. The fraction of sp³-hybridized carbons (Fsp3) is 0.550. The van der Waals surface area contributed by atoms with Gasteiger partial charge in [0.25, 0.3) is 5.91 Å². The average Bonchev–Trinajstić information content (AvgIpc) is 2.85. The van der Waals surface area contributed by atoms with Crippen LogP contribution in [-0.2, 0) is 9.59 Å². The molecular weight excluding hydrogens is 330 g/mol. The van der Waals surface area contributed by atoms with Crippen LogP contribution in [0.2, 0.25) is 0 Å². The number of urea groups is 1. The number of para-hydroxylation sites is 1. The number of anilines is 1. The van der Waals surface area contributed by atoms with Crippen molar-refractivity contribution in [3.05, 3.63) is 29.8 Å². The van der Waals surface area contributed by atoms with Gasteiger partial charge < -0.3 is 10.2 Å². The number of nitrogens with zero attached hydrogens (tertiary/aromatic N) is 2. The van der Waals surface area contributed by atoms with E-state index in [4.69, 9.17) is 0 Å². The van der Waals surface area contributed by atoms with Gasteiger partial charge in [-0.05, 0) is 44.2 Å². The summed E-state index contributed by atoms with van der Waals surface area (Å²) in [6.45, 7) is 6.10. The van der Waals surface area contributed by atoms with Crippen molar-refractivity contribution in [3.8, 4) is 0 Å². The molecule has 1 aromatic carbocycles. The lowest BCUT2D eigenvalue weighted by Gasteiger charge is -2.36. The van der Waals surface area contributed by atoms with E-state index < -0.39 is 11.6 Å². The van der Waals surface area contributed by atoms with E-state index in [1.54, 1.807) is 4.90 Å². The number of nitrogens with one attached hydrogen (secondary N) is 1. The highest BCUT2D eigenvalue weighted by Gasteiger charge is 2.55. The molecule has 2 aliphatic rings. The first-order valence-electron chi connectivity index (χ1n) is 9.41. The Labute approximate surface area is 154 Å². The zero-order chi connectivity index (χ0) is 18.9. The zero-order valence-corrected chi connectivity index (χ0v) is 15.7. The molecule has 26 heavy (non-hydrogen) atoms. The van der Waals surface area contributed by atoms with Crippen molar-refractivity contribution in [2.45, 2.75) is 52.0 Å². The van der Waals surface area contributed by atoms with Crippen LogP contribution in [-0.4, -0.2) is 41.4 Å². The van der Waals surface area contributed by atoms with E-state index >= 15 is 0 Å². The molecule has 0 bridgehead atoms. The van der Waals surface area contributed by atoms with Crippen LogP contribution in [0.4, 0.5) is 10.5 Å². The van der Waals surface area contributed by atoms with Crippen molar-refractivity contribution in [2.75, 3.05) is 18.0 Å². The summed E-state index contributed by atoms with van der Waals surface area (Å²) < 4.78 is 0. The quantitative estimate of drug-likeness (QED) is 0.843. The van der Waals surface area contributed by atoms with Crippen LogP contribution < -0.4 is 10.2 Å². The van der Waals surface area contributed by atoms with E-state index in [9.17, 15) is 14.4 Å². The molecule has 1 aromatic rings. The lowest BCUT2D eigenvalue weighted by Crippen LogP contribution is -2.54. The van der Waals surface area contributed by atoms with Crippen LogP contribution in [0.3, 0.4) is 0 Å². The fourth-order valence-corrected chi connectivity index (χ4v) is 4.21. The summed E-state index contributed by atoms with van der Waals surface area (Å²) in [5.41, 5.74) is 0.972. The summed E-state index contributed by atoms with van der Waals surface area (Å²) in [5, 5.41) is 2.90. The summed E-state index contributed by atoms with van der Waals surface area (Å²) >= 11 is 0. The maximum atomic E-state index is 13.0. The molecule has 2 atom stereocenters. The molecule has 3 rings (SSSR count). The SMILES string of the molecule is CCN(C(=O)CN1C(=O)NC2(CCCCC2C)C1=O)c1ccccc1C. The Kier molecular flexibility index (Phi) is 5.03. The maximum absolute atomic E-state index is 13.0. The standard InChI is InChI=1S/C20H27N3O3/c1-4-22(16-11-6-5-9-14(16)2)17(24)13-23-18(25)20(21-19(23)26)12-8-7-10-15(20)3/h5-6,9,11,15H,4,7-8,10,12-13H2,1-3H3,(H,21,26). The topological polar surface area (TPSA) is 69.7 Å². The highest BCUT2D eigenvalue weighted by Crippen LogP contribution is 2.38. The fourth-order valence-electron chi connectivity index (χ4n) is 4.21. The second-order valence-corrected chi connectivity index (χ2v) is 7.36. The molecule has 1 aliphatic carbocycles. The molecule has 4 amide bonds. The molecule has 1 aliphatic heterocycles.